The van der Waals surface area contributed by atoms with E-state index in [9.17, 15) is 22.0 Å². The summed E-state index contributed by atoms with van der Waals surface area (Å²) in [5, 5.41) is 0. The van der Waals surface area contributed by atoms with E-state index in [1.54, 1.807) is 0 Å². The highest BCUT2D eigenvalue weighted by molar-refractivity contribution is 5.45. The molecule has 0 bridgehead atoms. The molecule has 1 aromatic heterocycles. The number of nitrogens with zero attached hydrogens (tertiary/aromatic N) is 1. The molecule has 8 heteroatoms. The van der Waals surface area contributed by atoms with E-state index in [0.717, 1.165) is 7.11 Å². The van der Waals surface area contributed by atoms with Crippen LogP contribution < -0.4 is 10.5 Å². The molecule has 0 spiro atoms. The first-order chi connectivity index (χ1) is 7.82. The average Bonchev–Trinajstić information content (AvgIpc) is 2.25. The van der Waals surface area contributed by atoms with Gasteiger partial charge in [-0.05, 0) is 0 Å². The summed E-state index contributed by atoms with van der Waals surface area (Å²) >= 11 is 0. The first kappa shape index (κ1) is 13.6. The predicted molar refractivity (Wildman–Crippen MR) is 48.6 cm³/mol. The summed E-state index contributed by atoms with van der Waals surface area (Å²) in [6.07, 6.45) is -7.78. The molecule has 0 aliphatic rings. The fourth-order valence-electron chi connectivity index (χ4n) is 1.37. The van der Waals surface area contributed by atoms with Gasteiger partial charge in [0, 0.05) is 12.7 Å². The number of alkyl halides is 5. The second kappa shape index (κ2) is 4.82. The Labute approximate surface area is 93.4 Å². The largest absolute Gasteiger partial charge is 0.494 e. The summed E-state index contributed by atoms with van der Waals surface area (Å²) in [5.41, 5.74) is 2.21. The zero-order chi connectivity index (χ0) is 13.2. The van der Waals surface area contributed by atoms with Gasteiger partial charge in [-0.15, -0.1) is 0 Å². The van der Waals surface area contributed by atoms with Crippen molar-refractivity contribution < 1.29 is 26.7 Å². The Hall–Kier alpha value is -1.44. The Balaban J connectivity index is 3.56. The third kappa shape index (κ3) is 2.63. The molecule has 0 fully saturated rings. The van der Waals surface area contributed by atoms with Crippen molar-refractivity contribution in [1.82, 2.24) is 4.98 Å². The molecule has 1 rings (SSSR count). The van der Waals surface area contributed by atoms with E-state index in [4.69, 9.17) is 5.73 Å². The Bertz CT molecular complexity index is 405. The van der Waals surface area contributed by atoms with E-state index in [-0.39, 0.29) is 12.2 Å². The van der Waals surface area contributed by atoms with E-state index >= 15 is 0 Å². The summed E-state index contributed by atoms with van der Waals surface area (Å²) in [4.78, 5) is 3.43. The number of halogens is 5. The number of hydrogen-bond donors (Lipinski definition) is 1. The zero-order valence-electron chi connectivity index (χ0n) is 8.68. The second-order valence-corrected chi connectivity index (χ2v) is 3.07. The highest BCUT2D eigenvalue weighted by atomic mass is 19.4. The minimum absolute atomic E-state index is 0.218. The van der Waals surface area contributed by atoms with Gasteiger partial charge in [0.25, 0.3) is 6.43 Å². The molecule has 96 valence electrons. The van der Waals surface area contributed by atoms with Crippen molar-refractivity contribution >= 4 is 0 Å². The van der Waals surface area contributed by atoms with Gasteiger partial charge < -0.3 is 10.5 Å². The molecule has 0 saturated carbocycles. The lowest BCUT2D eigenvalue weighted by molar-refractivity contribution is -0.140. The second-order valence-electron chi connectivity index (χ2n) is 3.07. The van der Waals surface area contributed by atoms with Gasteiger partial charge in [0.1, 0.15) is 5.56 Å². The lowest BCUT2D eigenvalue weighted by atomic mass is 10.1. The van der Waals surface area contributed by atoms with Crippen LogP contribution in [-0.4, -0.2) is 12.1 Å². The molecule has 0 radical (unpaired) electrons. The molecule has 17 heavy (non-hydrogen) atoms. The van der Waals surface area contributed by atoms with Gasteiger partial charge in [-0.3, -0.25) is 4.98 Å². The van der Waals surface area contributed by atoms with Crippen molar-refractivity contribution in [3.05, 3.63) is 23.0 Å². The van der Waals surface area contributed by atoms with Crippen LogP contribution in [0.5, 0.6) is 5.75 Å². The molecule has 0 saturated heterocycles. The topological polar surface area (TPSA) is 48.1 Å². The molecular weight excluding hydrogens is 247 g/mol. The molecule has 0 atom stereocenters. The smallest absolute Gasteiger partial charge is 0.420 e. The third-order valence-corrected chi connectivity index (χ3v) is 2.05. The summed E-state index contributed by atoms with van der Waals surface area (Å²) in [6, 6.07) is 0. The van der Waals surface area contributed by atoms with Crippen LogP contribution in [0.3, 0.4) is 0 Å². The van der Waals surface area contributed by atoms with Gasteiger partial charge in [0.05, 0.1) is 18.4 Å². The summed E-state index contributed by atoms with van der Waals surface area (Å²) < 4.78 is 67.5. The Kier molecular flexibility index (Phi) is 3.87. The van der Waals surface area contributed by atoms with Crippen LogP contribution in [0.1, 0.15) is 23.2 Å². The maximum Gasteiger partial charge on any atom is 0.420 e. The number of methoxy groups -OCH3 is 1. The maximum absolute atomic E-state index is 12.7. The summed E-state index contributed by atoms with van der Waals surface area (Å²) in [5.74, 6) is -0.752. The monoisotopic (exact) mass is 256 g/mol. The van der Waals surface area contributed by atoms with Crippen molar-refractivity contribution in [2.75, 3.05) is 7.11 Å². The molecule has 0 unspecified atom stereocenters. The fourth-order valence-corrected chi connectivity index (χ4v) is 1.37. The predicted octanol–water partition coefficient (Wildman–Crippen LogP) is 2.51. The number of nitrogens with two attached hydrogens (primary N) is 1. The summed E-state index contributed by atoms with van der Waals surface area (Å²) in [7, 11) is 0.945. The van der Waals surface area contributed by atoms with Gasteiger partial charge in [0.2, 0.25) is 0 Å². The lowest BCUT2D eigenvalue weighted by Gasteiger charge is -2.17. The van der Waals surface area contributed by atoms with Crippen molar-refractivity contribution in [2.24, 2.45) is 5.73 Å². The van der Waals surface area contributed by atoms with Crippen LogP contribution in [0.25, 0.3) is 0 Å². The van der Waals surface area contributed by atoms with Crippen LogP contribution in [0.4, 0.5) is 22.0 Å². The Morgan fingerprint density at radius 1 is 1.41 bits per heavy atom. The molecular formula is C9H9F5N2O. The molecule has 2 N–H and O–H groups in total. The average molecular weight is 256 g/mol. The molecule has 0 aromatic carbocycles. The number of pyridine rings is 1. The minimum Gasteiger partial charge on any atom is -0.494 e. The van der Waals surface area contributed by atoms with Crippen LogP contribution >= 0.6 is 0 Å². The van der Waals surface area contributed by atoms with Gasteiger partial charge in [0.15, 0.2) is 5.75 Å². The number of hydrogen-bond acceptors (Lipinski definition) is 3. The Morgan fingerprint density at radius 3 is 2.35 bits per heavy atom. The minimum atomic E-state index is -4.95. The van der Waals surface area contributed by atoms with E-state index in [1.807, 2.05) is 0 Å². The Morgan fingerprint density at radius 2 is 2.00 bits per heavy atom. The van der Waals surface area contributed by atoms with Crippen molar-refractivity contribution in [3.63, 3.8) is 0 Å². The normalized spacial score (nSPS) is 12.0. The molecule has 3 nitrogen and oxygen atoms in total. The first-order valence-corrected chi connectivity index (χ1v) is 4.44. The number of aromatic nitrogens is 1. The van der Waals surface area contributed by atoms with E-state index in [2.05, 4.69) is 9.72 Å². The first-order valence-electron chi connectivity index (χ1n) is 4.44. The van der Waals surface area contributed by atoms with Gasteiger partial charge in [-0.25, -0.2) is 8.78 Å². The highest BCUT2D eigenvalue weighted by Gasteiger charge is 2.40. The molecule has 0 aliphatic carbocycles. The van der Waals surface area contributed by atoms with Gasteiger partial charge >= 0.3 is 6.18 Å². The molecule has 1 heterocycles. The molecule has 0 amide bonds. The van der Waals surface area contributed by atoms with Gasteiger partial charge in [-0.2, -0.15) is 13.2 Å². The fraction of sp³-hybridized carbons (Fsp3) is 0.444. The van der Waals surface area contributed by atoms with E-state index in [1.165, 1.54) is 0 Å². The van der Waals surface area contributed by atoms with E-state index in [0.29, 0.717) is 6.20 Å². The zero-order valence-corrected chi connectivity index (χ0v) is 8.68. The van der Waals surface area contributed by atoms with Crippen LogP contribution in [0.15, 0.2) is 6.20 Å². The van der Waals surface area contributed by atoms with Crippen molar-refractivity contribution in [2.45, 2.75) is 19.1 Å². The van der Waals surface area contributed by atoms with Crippen LogP contribution in [-0.2, 0) is 12.7 Å². The van der Waals surface area contributed by atoms with Crippen LogP contribution in [0, 0.1) is 0 Å². The van der Waals surface area contributed by atoms with E-state index < -0.39 is 29.5 Å². The van der Waals surface area contributed by atoms with Crippen LogP contribution in [0.2, 0.25) is 0 Å². The SMILES string of the molecule is COc1c(CN)ncc(C(F)F)c1C(F)(F)F. The lowest BCUT2D eigenvalue weighted by Crippen LogP contribution is -2.15. The highest BCUT2D eigenvalue weighted by Crippen LogP contribution is 2.42. The number of rotatable bonds is 3. The standard InChI is InChI=1S/C9H9F5N2O/c1-17-7-5(2-15)16-3-4(8(10)11)6(7)9(12,13)14/h3,8H,2,15H2,1H3. The molecule has 0 aliphatic heterocycles. The van der Waals surface area contributed by atoms with Crippen molar-refractivity contribution in [3.8, 4) is 5.75 Å². The van der Waals surface area contributed by atoms with Crippen molar-refractivity contribution in [1.29, 1.82) is 0 Å². The quantitative estimate of drug-likeness (QED) is 0.845. The molecule has 1 aromatic rings. The van der Waals surface area contributed by atoms with Gasteiger partial charge in [-0.1, -0.05) is 0 Å². The number of ether oxygens (including phenoxy) is 1. The summed E-state index contributed by atoms with van der Waals surface area (Å²) in [6.45, 7) is -0.338. The third-order valence-electron chi connectivity index (χ3n) is 2.05. The maximum atomic E-state index is 12.7.